The minimum absolute atomic E-state index is 0.0325. The van der Waals surface area contributed by atoms with Crippen LogP contribution in [0.1, 0.15) is 32.1 Å². The van der Waals surface area contributed by atoms with Crippen molar-refractivity contribution in [2.75, 3.05) is 5.32 Å². The first-order chi connectivity index (χ1) is 10.5. The number of nitrogens with one attached hydrogen (secondary N) is 2. The second-order valence-corrected chi connectivity index (χ2v) is 7.61. The highest BCUT2D eigenvalue weighted by Gasteiger charge is 2.28. The summed E-state index contributed by atoms with van der Waals surface area (Å²) in [6.45, 7) is 0. The molecule has 0 bridgehead atoms. The molecule has 0 heterocycles. The van der Waals surface area contributed by atoms with Gasteiger partial charge in [-0.2, -0.15) is 0 Å². The van der Waals surface area contributed by atoms with E-state index in [-0.39, 0.29) is 22.8 Å². The minimum atomic E-state index is -3.49. The molecule has 2 N–H and O–H groups in total. The van der Waals surface area contributed by atoms with Crippen molar-refractivity contribution >= 4 is 21.6 Å². The first kappa shape index (κ1) is 15.2. The molecular weight excluding hydrogens is 300 g/mol. The van der Waals surface area contributed by atoms with E-state index in [1.54, 1.807) is 18.2 Å². The van der Waals surface area contributed by atoms with Crippen LogP contribution in [0, 0.1) is 5.92 Å². The van der Waals surface area contributed by atoms with Gasteiger partial charge in [-0.05, 0) is 50.3 Å². The molecule has 0 aliphatic heterocycles. The largest absolute Gasteiger partial charge is 0.326 e. The van der Waals surface area contributed by atoms with Gasteiger partial charge in [-0.25, -0.2) is 13.1 Å². The number of anilines is 1. The van der Waals surface area contributed by atoms with Gasteiger partial charge < -0.3 is 5.32 Å². The SMILES string of the molecule is O=C(Nc1cccc(S(=O)(=O)NC2CC2)c1)[C@H]1CC=CCC1. The molecule has 1 saturated carbocycles. The van der Waals surface area contributed by atoms with E-state index in [4.69, 9.17) is 0 Å². The third kappa shape index (κ3) is 3.75. The molecule has 1 fully saturated rings. The van der Waals surface area contributed by atoms with Gasteiger partial charge in [-0.15, -0.1) is 0 Å². The number of hydrogen-bond donors (Lipinski definition) is 2. The zero-order valence-corrected chi connectivity index (χ0v) is 13.1. The highest BCUT2D eigenvalue weighted by atomic mass is 32.2. The molecule has 1 aromatic rings. The van der Waals surface area contributed by atoms with Gasteiger partial charge in [0, 0.05) is 17.6 Å². The van der Waals surface area contributed by atoms with Crippen LogP contribution < -0.4 is 10.0 Å². The van der Waals surface area contributed by atoms with Crippen molar-refractivity contribution < 1.29 is 13.2 Å². The predicted octanol–water partition coefficient (Wildman–Crippen LogP) is 2.42. The van der Waals surface area contributed by atoms with Crippen LogP contribution in [-0.2, 0) is 14.8 Å². The molecule has 6 heteroatoms. The van der Waals surface area contributed by atoms with Crippen LogP contribution in [0.15, 0.2) is 41.3 Å². The molecular formula is C16H20N2O3S. The Bertz CT molecular complexity index is 693. The summed E-state index contributed by atoms with van der Waals surface area (Å²) in [5.41, 5.74) is 0.526. The topological polar surface area (TPSA) is 75.3 Å². The van der Waals surface area contributed by atoms with Crippen molar-refractivity contribution in [3.05, 3.63) is 36.4 Å². The molecule has 5 nitrogen and oxygen atoms in total. The monoisotopic (exact) mass is 320 g/mol. The molecule has 0 spiro atoms. The van der Waals surface area contributed by atoms with E-state index < -0.39 is 10.0 Å². The molecule has 3 rings (SSSR count). The number of sulfonamides is 1. The smallest absolute Gasteiger partial charge is 0.240 e. The highest BCUT2D eigenvalue weighted by molar-refractivity contribution is 7.89. The molecule has 118 valence electrons. The van der Waals surface area contributed by atoms with Gasteiger partial charge in [0.05, 0.1) is 4.90 Å². The Labute approximate surface area is 130 Å². The lowest BCUT2D eigenvalue weighted by Crippen LogP contribution is -2.26. The number of carbonyl (C=O) groups is 1. The first-order valence-electron chi connectivity index (χ1n) is 7.63. The zero-order valence-electron chi connectivity index (χ0n) is 12.3. The van der Waals surface area contributed by atoms with Gasteiger partial charge in [-0.1, -0.05) is 18.2 Å². The third-order valence-corrected chi connectivity index (χ3v) is 5.47. The summed E-state index contributed by atoms with van der Waals surface area (Å²) >= 11 is 0. The Hall–Kier alpha value is -1.66. The molecule has 0 saturated heterocycles. The lowest BCUT2D eigenvalue weighted by Gasteiger charge is -2.17. The fourth-order valence-electron chi connectivity index (χ4n) is 2.51. The maximum Gasteiger partial charge on any atom is 0.240 e. The van der Waals surface area contributed by atoms with Crippen molar-refractivity contribution in [2.24, 2.45) is 5.92 Å². The van der Waals surface area contributed by atoms with E-state index >= 15 is 0 Å². The van der Waals surface area contributed by atoms with Gasteiger partial charge in [0.2, 0.25) is 15.9 Å². The van der Waals surface area contributed by atoms with E-state index in [9.17, 15) is 13.2 Å². The third-order valence-electron chi connectivity index (χ3n) is 3.95. The number of amides is 1. The van der Waals surface area contributed by atoms with Crippen molar-refractivity contribution in [3.8, 4) is 0 Å². The average Bonchev–Trinajstić information content (AvgIpc) is 3.32. The fraction of sp³-hybridized carbons (Fsp3) is 0.438. The molecule has 0 aromatic heterocycles. The molecule has 0 radical (unpaired) electrons. The fourth-order valence-corrected chi connectivity index (χ4v) is 3.86. The van der Waals surface area contributed by atoms with Crippen LogP contribution in [0.2, 0.25) is 0 Å². The summed E-state index contributed by atoms with van der Waals surface area (Å²) in [4.78, 5) is 12.4. The Morgan fingerprint density at radius 2 is 1.95 bits per heavy atom. The van der Waals surface area contributed by atoms with Crippen LogP contribution >= 0.6 is 0 Å². The standard InChI is InChI=1S/C16H20N2O3S/c19-16(12-5-2-1-3-6-12)17-14-7-4-8-15(11-14)22(20,21)18-13-9-10-13/h1-2,4,7-8,11-13,18H,3,5-6,9-10H2,(H,17,19)/t12-/m0/s1. The van der Waals surface area contributed by atoms with Crippen molar-refractivity contribution in [3.63, 3.8) is 0 Å². The Balaban J connectivity index is 1.70. The van der Waals surface area contributed by atoms with Gasteiger partial charge in [0.15, 0.2) is 0 Å². The van der Waals surface area contributed by atoms with Crippen LogP contribution in [0.5, 0.6) is 0 Å². The molecule has 0 unspecified atom stereocenters. The van der Waals surface area contributed by atoms with Gasteiger partial charge in [0.25, 0.3) is 0 Å². The molecule has 1 aromatic carbocycles. The Morgan fingerprint density at radius 1 is 1.14 bits per heavy atom. The Kier molecular flexibility index (Phi) is 4.31. The molecule has 22 heavy (non-hydrogen) atoms. The average molecular weight is 320 g/mol. The van der Waals surface area contributed by atoms with Gasteiger partial charge in [0.1, 0.15) is 0 Å². The van der Waals surface area contributed by atoms with E-state index in [1.807, 2.05) is 6.08 Å². The van der Waals surface area contributed by atoms with Crippen LogP contribution in [0.4, 0.5) is 5.69 Å². The van der Waals surface area contributed by atoms with Gasteiger partial charge >= 0.3 is 0 Å². The summed E-state index contributed by atoms with van der Waals surface area (Å²) in [5, 5.41) is 2.83. The second-order valence-electron chi connectivity index (χ2n) is 5.89. The molecule has 2 aliphatic rings. The van der Waals surface area contributed by atoms with Crippen molar-refractivity contribution in [1.82, 2.24) is 4.72 Å². The number of rotatable bonds is 5. The summed E-state index contributed by atoms with van der Waals surface area (Å²) in [7, 11) is -3.49. The summed E-state index contributed by atoms with van der Waals surface area (Å²) < 4.78 is 27.0. The lowest BCUT2D eigenvalue weighted by molar-refractivity contribution is -0.120. The second kappa shape index (κ2) is 6.22. The number of carbonyl (C=O) groups excluding carboxylic acids is 1. The normalized spacial score (nSPS) is 21.5. The Morgan fingerprint density at radius 3 is 2.64 bits per heavy atom. The molecule has 1 atom stereocenters. The lowest BCUT2D eigenvalue weighted by atomic mass is 9.93. The van der Waals surface area contributed by atoms with Gasteiger partial charge in [-0.3, -0.25) is 4.79 Å². The maximum absolute atomic E-state index is 12.2. The minimum Gasteiger partial charge on any atom is -0.326 e. The van der Waals surface area contributed by atoms with Crippen LogP contribution in [-0.4, -0.2) is 20.4 Å². The molecule has 1 amide bonds. The highest BCUT2D eigenvalue weighted by Crippen LogP contribution is 2.24. The summed E-state index contributed by atoms with van der Waals surface area (Å²) in [6.07, 6.45) is 8.39. The predicted molar refractivity (Wildman–Crippen MR) is 84.9 cm³/mol. The summed E-state index contributed by atoms with van der Waals surface area (Å²) in [6, 6.07) is 6.49. The quantitative estimate of drug-likeness (QED) is 0.818. The number of hydrogen-bond acceptors (Lipinski definition) is 3. The maximum atomic E-state index is 12.2. The molecule has 2 aliphatic carbocycles. The summed E-state index contributed by atoms with van der Waals surface area (Å²) in [5.74, 6) is -0.0797. The van der Waals surface area contributed by atoms with Crippen molar-refractivity contribution in [1.29, 1.82) is 0 Å². The van der Waals surface area contributed by atoms with Crippen LogP contribution in [0.3, 0.4) is 0 Å². The number of allylic oxidation sites excluding steroid dienone is 2. The first-order valence-corrected chi connectivity index (χ1v) is 9.11. The van der Waals surface area contributed by atoms with E-state index in [0.717, 1.165) is 32.1 Å². The zero-order chi connectivity index (χ0) is 15.6. The van der Waals surface area contributed by atoms with E-state index in [0.29, 0.717) is 5.69 Å². The van der Waals surface area contributed by atoms with E-state index in [1.165, 1.54) is 6.07 Å². The van der Waals surface area contributed by atoms with Crippen LogP contribution in [0.25, 0.3) is 0 Å². The number of benzene rings is 1. The van der Waals surface area contributed by atoms with E-state index in [2.05, 4.69) is 16.1 Å². The van der Waals surface area contributed by atoms with Crippen molar-refractivity contribution in [2.45, 2.75) is 43.0 Å².